The summed E-state index contributed by atoms with van der Waals surface area (Å²) in [6.45, 7) is 0.686. The highest BCUT2D eigenvalue weighted by Crippen LogP contribution is 2.24. The highest BCUT2D eigenvalue weighted by Gasteiger charge is 2.10. The number of aromatic amines is 1. The van der Waals surface area contributed by atoms with Gasteiger partial charge in [-0.1, -0.05) is 67.4 Å². The van der Waals surface area contributed by atoms with Gasteiger partial charge in [0, 0.05) is 12.1 Å². The number of hydrogen-bond donors (Lipinski definition) is 3. The molecule has 0 aliphatic heterocycles. The zero-order valence-electron chi connectivity index (χ0n) is 15.3. The predicted molar refractivity (Wildman–Crippen MR) is 114 cm³/mol. The Balaban J connectivity index is 1.56. The number of rotatable bonds is 9. The molecule has 3 rings (SSSR count). The minimum absolute atomic E-state index is 0.108. The maximum absolute atomic E-state index is 12.2. The Bertz CT molecular complexity index is 844. The highest BCUT2D eigenvalue weighted by molar-refractivity contribution is 7.80. The van der Waals surface area contributed by atoms with E-state index in [1.807, 2.05) is 30.3 Å². The van der Waals surface area contributed by atoms with Crippen LogP contribution in [0.1, 0.15) is 36.2 Å². The molecule has 0 saturated heterocycles. The minimum Gasteiger partial charge on any atom is -0.351 e. The third-order valence-corrected chi connectivity index (χ3v) is 4.80. The van der Waals surface area contributed by atoms with Gasteiger partial charge in [-0.05, 0) is 35.8 Å². The monoisotopic (exact) mass is 379 g/mol. The molecule has 140 valence electrons. The van der Waals surface area contributed by atoms with E-state index in [0.29, 0.717) is 12.2 Å². The normalized spacial score (nSPS) is 10.7. The van der Waals surface area contributed by atoms with Crippen molar-refractivity contribution < 1.29 is 4.79 Å². The van der Waals surface area contributed by atoms with Gasteiger partial charge in [-0.2, -0.15) is 17.7 Å². The van der Waals surface area contributed by atoms with Crippen LogP contribution >= 0.6 is 12.6 Å². The quantitative estimate of drug-likeness (QED) is 0.363. The van der Waals surface area contributed by atoms with Crippen molar-refractivity contribution in [1.29, 1.82) is 0 Å². The van der Waals surface area contributed by atoms with Crippen molar-refractivity contribution in [2.45, 2.75) is 25.7 Å². The minimum atomic E-state index is -0.108. The Morgan fingerprint density at radius 1 is 0.889 bits per heavy atom. The molecular formula is C22H25N3OS. The van der Waals surface area contributed by atoms with E-state index in [2.05, 4.69) is 52.4 Å². The molecule has 0 atom stereocenters. The summed E-state index contributed by atoms with van der Waals surface area (Å²) in [7, 11) is 0. The maximum atomic E-state index is 12.2. The van der Waals surface area contributed by atoms with Gasteiger partial charge in [0.2, 0.25) is 0 Å². The van der Waals surface area contributed by atoms with E-state index >= 15 is 0 Å². The molecule has 1 heterocycles. The molecule has 0 bridgehead atoms. The topological polar surface area (TPSA) is 57.8 Å². The lowest BCUT2D eigenvalue weighted by Gasteiger charge is -2.03. The fraction of sp³-hybridized carbons (Fsp3) is 0.273. The van der Waals surface area contributed by atoms with Crippen LogP contribution in [0.5, 0.6) is 0 Å². The molecule has 0 fully saturated rings. The first-order valence-electron chi connectivity index (χ1n) is 9.38. The van der Waals surface area contributed by atoms with Crippen molar-refractivity contribution in [1.82, 2.24) is 15.5 Å². The molecule has 2 N–H and O–H groups in total. The van der Waals surface area contributed by atoms with Crippen LogP contribution in [0.3, 0.4) is 0 Å². The lowest BCUT2D eigenvalue weighted by molar-refractivity contribution is 0.0948. The summed E-state index contributed by atoms with van der Waals surface area (Å²) in [5.74, 6) is 0.819. The first-order valence-corrected chi connectivity index (χ1v) is 10.0. The van der Waals surface area contributed by atoms with Gasteiger partial charge >= 0.3 is 0 Å². The second-order valence-corrected chi connectivity index (χ2v) is 6.95. The summed E-state index contributed by atoms with van der Waals surface area (Å²) < 4.78 is 0. The van der Waals surface area contributed by atoms with E-state index in [-0.39, 0.29) is 5.91 Å². The molecule has 27 heavy (non-hydrogen) atoms. The second-order valence-electron chi connectivity index (χ2n) is 6.50. The van der Waals surface area contributed by atoms with E-state index in [4.69, 9.17) is 0 Å². The highest BCUT2D eigenvalue weighted by atomic mass is 32.1. The summed E-state index contributed by atoms with van der Waals surface area (Å²) in [5, 5.41) is 10.1. The fourth-order valence-electron chi connectivity index (χ4n) is 2.94. The van der Waals surface area contributed by atoms with Crippen LogP contribution in [0.4, 0.5) is 0 Å². The van der Waals surface area contributed by atoms with Gasteiger partial charge in [-0.15, -0.1) is 0 Å². The number of carbonyl (C=O) groups is 1. The number of aromatic nitrogens is 2. The Hall–Kier alpha value is -2.53. The molecular weight excluding hydrogens is 354 g/mol. The number of carbonyl (C=O) groups excluding carboxylic acids is 1. The fourth-order valence-corrected chi connectivity index (χ4v) is 3.16. The first-order chi connectivity index (χ1) is 13.3. The van der Waals surface area contributed by atoms with Gasteiger partial charge in [0.25, 0.3) is 5.91 Å². The van der Waals surface area contributed by atoms with Crippen molar-refractivity contribution in [3.8, 4) is 22.4 Å². The molecule has 0 unspecified atom stereocenters. The van der Waals surface area contributed by atoms with Crippen molar-refractivity contribution in [2.24, 2.45) is 0 Å². The molecule has 3 aromatic rings. The summed E-state index contributed by atoms with van der Waals surface area (Å²) in [6.07, 6.45) is 4.39. The summed E-state index contributed by atoms with van der Waals surface area (Å²) >= 11 is 4.20. The van der Waals surface area contributed by atoms with E-state index in [1.165, 1.54) is 5.56 Å². The molecule has 0 radical (unpaired) electrons. The number of nitrogens with zero attached hydrogens (tertiary/aromatic N) is 1. The van der Waals surface area contributed by atoms with Gasteiger partial charge in [0.05, 0.1) is 5.69 Å². The standard InChI is InChI=1S/C22H25N3OS/c26-22(23-14-6-1-2-7-15-27)21-16-20(24-25-21)19-12-10-18(11-13-19)17-8-4-3-5-9-17/h3-5,8-13,16,27H,1-2,6-7,14-15H2,(H,23,26)(H,24,25). The summed E-state index contributed by atoms with van der Waals surface area (Å²) in [4.78, 5) is 12.2. The molecule has 4 nitrogen and oxygen atoms in total. The van der Waals surface area contributed by atoms with E-state index < -0.39 is 0 Å². The molecule has 0 aliphatic rings. The molecule has 0 aliphatic carbocycles. The zero-order chi connectivity index (χ0) is 18.9. The number of H-pyrrole nitrogens is 1. The first kappa shape index (κ1) is 19.2. The van der Waals surface area contributed by atoms with E-state index in [9.17, 15) is 4.79 Å². The van der Waals surface area contributed by atoms with Gasteiger partial charge < -0.3 is 5.32 Å². The Morgan fingerprint density at radius 3 is 2.30 bits per heavy atom. The lowest BCUT2D eigenvalue weighted by Crippen LogP contribution is -2.24. The number of benzene rings is 2. The molecule has 0 saturated carbocycles. The van der Waals surface area contributed by atoms with Crippen LogP contribution in [0.15, 0.2) is 60.7 Å². The number of nitrogens with one attached hydrogen (secondary N) is 2. The van der Waals surface area contributed by atoms with E-state index in [0.717, 1.165) is 48.3 Å². The summed E-state index contributed by atoms with van der Waals surface area (Å²) in [6, 6.07) is 20.3. The van der Waals surface area contributed by atoms with Crippen molar-refractivity contribution in [3.05, 3.63) is 66.4 Å². The van der Waals surface area contributed by atoms with Crippen LogP contribution in [0.2, 0.25) is 0 Å². The van der Waals surface area contributed by atoms with Gasteiger partial charge in [0.15, 0.2) is 0 Å². The van der Waals surface area contributed by atoms with Crippen LogP contribution in [0.25, 0.3) is 22.4 Å². The largest absolute Gasteiger partial charge is 0.351 e. The van der Waals surface area contributed by atoms with Crippen LogP contribution in [-0.2, 0) is 0 Å². The third-order valence-electron chi connectivity index (χ3n) is 4.48. The van der Waals surface area contributed by atoms with E-state index in [1.54, 1.807) is 6.07 Å². The SMILES string of the molecule is O=C(NCCCCCCS)c1cc(-c2ccc(-c3ccccc3)cc2)n[nH]1. The summed E-state index contributed by atoms with van der Waals surface area (Å²) in [5.41, 5.74) is 4.59. The van der Waals surface area contributed by atoms with Crippen molar-refractivity contribution >= 4 is 18.5 Å². The Morgan fingerprint density at radius 2 is 1.56 bits per heavy atom. The molecule has 1 aromatic heterocycles. The molecule has 0 spiro atoms. The zero-order valence-corrected chi connectivity index (χ0v) is 16.2. The third kappa shape index (κ3) is 5.47. The number of amides is 1. The Kier molecular flexibility index (Phi) is 7.11. The van der Waals surface area contributed by atoms with Crippen LogP contribution < -0.4 is 5.32 Å². The molecule has 5 heteroatoms. The van der Waals surface area contributed by atoms with Crippen LogP contribution in [-0.4, -0.2) is 28.4 Å². The molecule has 2 aromatic carbocycles. The number of hydrogen-bond acceptors (Lipinski definition) is 3. The smallest absolute Gasteiger partial charge is 0.269 e. The van der Waals surface area contributed by atoms with Gasteiger partial charge in [0.1, 0.15) is 5.69 Å². The second kappa shape index (κ2) is 9.97. The number of thiol groups is 1. The predicted octanol–water partition coefficient (Wildman–Crippen LogP) is 4.96. The van der Waals surface area contributed by atoms with Gasteiger partial charge in [-0.25, -0.2) is 0 Å². The van der Waals surface area contributed by atoms with Gasteiger partial charge in [-0.3, -0.25) is 9.89 Å². The van der Waals surface area contributed by atoms with Crippen molar-refractivity contribution in [2.75, 3.05) is 12.3 Å². The number of unbranched alkanes of at least 4 members (excludes halogenated alkanes) is 3. The van der Waals surface area contributed by atoms with Crippen molar-refractivity contribution in [3.63, 3.8) is 0 Å². The average molecular weight is 380 g/mol. The average Bonchev–Trinajstić information content (AvgIpc) is 3.22. The molecule has 1 amide bonds. The maximum Gasteiger partial charge on any atom is 0.269 e. The Labute approximate surface area is 165 Å². The van der Waals surface area contributed by atoms with Crippen LogP contribution in [0, 0.1) is 0 Å². The lowest BCUT2D eigenvalue weighted by atomic mass is 10.0.